The van der Waals surface area contributed by atoms with Crippen molar-refractivity contribution in [2.45, 2.75) is 51.7 Å². The molecule has 1 N–H and O–H groups in total. The minimum absolute atomic E-state index is 0.104. The lowest BCUT2D eigenvalue weighted by Crippen LogP contribution is -2.41. The molecule has 1 heterocycles. The van der Waals surface area contributed by atoms with Crippen LogP contribution < -0.4 is 10.1 Å². The highest BCUT2D eigenvalue weighted by Gasteiger charge is 2.36. The molecule has 0 saturated carbocycles. The van der Waals surface area contributed by atoms with Gasteiger partial charge in [0, 0.05) is 21.2 Å². The quantitative estimate of drug-likeness (QED) is 0.238. The molecule has 3 rings (SSSR count). The van der Waals surface area contributed by atoms with Crippen molar-refractivity contribution < 1.29 is 14.0 Å². The smallest absolute Gasteiger partial charge is 0.256 e. The molecular weight excluding hydrogens is 461 g/mol. The first-order valence-corrected chi connectivity index (χ1v) is 14.5. The van der Waals surface area contributed by atoms with Gasteiger partial charge in [0.1, 0.15) is 12.4 Å². The minimum Gasteiger partial charge on any atom is -0.491 e. The summed E-state index contributed by atoms with van der Waals surface area (Å²) in [6.07, 6.45) is 3.35. The lowest BCUT2D eigenvalue weighted by atomic mass is 10.0. The number of amides is 1. The van der Waals surface area contributed by atoms with E-state index < -0.39 is 8.32 Å². The minimum atomic E-state index is -1.80. The Balaban J connectivity index is 1.63. The monoisotopic (exact) mass is 491 g/mol. The van der Waals surface area contributed by atoms with Crippen LogP contribution in [0.3, 0.4) is 0 Å². The number of hydrogen-bond donors (Lipinski definition) is 1. The molecule has 4 nitrogen and oxygen atoms in total. The predicted octanol–water partition coefficient (Wildman–Crippen LogP) is 7.36. The normalized spacial score (nSPS) is 15.1. The average molecular weight is 493 g/mol. The maximum atomic E-state index is 12.4. The van der Waals surface area contributed by atoms with E-state index in [0.717, 1.165) is 22.6 Å². The summed E-state index contributed by atoms with van der Waals surface area (Å²) in [5.74, 6) is 0.697. The van der Waals surface area contributed by atoms with Gasteiger partial charge in [-0.25, -0.2) is 0 Å². The lowest BCUT2D eigenvalue weighted by molar-refractivity contribution is -0.110. The fraction of sp³-hybridized carbons (Fsp3) is 0.400. The highest BCUT2D eigenvalue weighted by atomic mass is 35.5. The molecule has 0 unspecified atom stereocenters. The van der Waals surface area contributed by atoms with Gasteiger partial charge in [0.2, 0.25) is 0 Å². The molecule has 2 aromatic rings. The Bertz CT molecular complexity index is 1030. The van der Waals surface area contributed by atoms with Gasteiger partial charge in [-0.2, -0.15) is 0 Å². The molecule has 32 heavy (non-hydrogen) atoms. The van der Waals surface area contributed by atoms with Gasteiger partial charge in [-0.1, -0.05) is 56.1 Å². The summed E-state index contributed by atoms with van der Waals surface area (Å²) < 4.78 is 12.2. The van der Waals surface area contributed by atoms with E-state index in [-0.39, 0.29) is 10.9 Å². The van der Waals surface area contributed by atoms with Crippen LogP contribution in [0.2, 0.25) is 28.2 Å². The van der Waals surface area contributed by atoms with Crippen molar-refractivity contribution in [1.29, 1.82) is 0 Å². The fourth-order valence-electron chi connectivity index (χ4n) is 3.29. The second-order valence-corrected chi connectivity index (χ2v) is 15.2. The number of carbonyl (C=O) groups excluding carboxylic acids is 1. The van der Waals surface area contributed by atoms with E-state index in [4.69, 9.17) is 32.4 Å². The molecule has 1 aliphatic heterocycles. The van der Waals surface area contributed by atoms with Crippen molar-refractivity contribution in [1.82, 2.24) is 0 Å². The van der Waals surface area contributed by atoms with Gasteiger partial charge in [-0.3, -0.25) is 4.79 Å². The van der Waals surface area contributed by atoms with Gasteiger partial charge in [-0.15, -0.1) is 0 Å². The number of rotatable bonds is 8. The van der Waals surface area contributed by atoms with Gasteiger partial charge in [0.05, 0.1) is 12.3 Å². The number of benzene rings is 2. The Hall–Kier alpha value is -1.79. The van der Waals surface area contributed by atoms with Crippen LogP contribution in [0.1, 0.15) is 38.3 Å². The largest absolute Gasteiger partial charge is 0.491 e. The van der Waals surface area contributed by atoms with Crippen molar-refractivity contribution >= 4 is 48.7 Å². The number of carbonyl (C=O) groups is 1. The number of ether oxygens (including phenoxy) is 1. The number of aryl methyl sites for hydroxylation is 1. The van der Waals surface area contributed by atoms with Crippen LogP contribution in [0.4, 0.5) is 5.69 Å². The second kappa shape index (κ2) is 10.00. The summed E-state index contributed by atoms with van der Waals surface area (Å²) in [6, 6.07) is 11.1. The molecular formula is C25H31Cl2NO3Si. The maximum absolute atomic E-state index is 12.4. The second-order valence-electron chi connectivity index (χ2n) is 9.51. The maximum Gasteiger partial charge on any atom is 0.256 e. The number of hydrogen-bond acceptors (Lipinski definition) is 3. The van der Waals surface area contributed by atoms with E-state index in [1.165, 1.54) is 0 Å². The number of halogens is 2. The summed E-state index contributed by atoms with van der Waals surface area (Å²) in [7, 11) is -1.80. The van der Waals surface area contributed by atoms with E-state index in [2.05, 4.69) is 39.2 Å². The number of fused-ring (bicyclic) bond motifs is 1. The summed E-state index contributed by atoms with van der Waals surface area (Å²) >= 11 is 12.3. The summed E-state index contributed by atoms with van der Waals surface area (Å²) in [4.78, 5) is 12.4. The van der Waals surface area contributed by atoms with Gasteiger partial charge in [0.25, 0.3) is 5.91 Å². The third-order valence-corrected chi connectivity index (χ3v) is 11.2. The van der Waals surface area contributed by atoms with E-state index in [0.29, 0.717) is 41.7 Å². The molecule has 0 atom stereocenters. The Morgan fingerprint density at radius 3 is 2.44 bits per heavy atom. The van der Waals surface area contributed by atoms with Crippen molar-refractivity contribution in [2.24, 2.45) is 0 Å². The molecule has 0 aliphatic carbocycles. The van der Waals surface area contributed by atoms with Crippen LogP contribution in [0, 0.1) is 0 Å². The number of allylic oxidation sites excluding steroid dienone is 1. The first-order chi connectivity index (χ1) is 15.0. The molecule has 2 aromatic carbocycles. The molecule has 0 saturated heterocycles. The standard InChI is InChI=1S/C25H31Cl2NO3Si/c1-25(2,3)32(4,5)31-14-13-30-23-12-10-18(26)15-17(23)7-6-8-21-20-11-9-19(27)16-22(20)28-24(21)29/h8-12,15-16H,6-7,13-14H2,1-5H3,(H,28,29). The van der Waals surface area contributed by atoms with Crippen molar-refractivity contribution in [2.75, 3.05) is 18.5 Å². The molecule has 0 radical (unpaired) electrons. The van der Waals surface area contributed by atoms with E-state index in [9.17, 15) is 4.79 Å². The third-order valence-electron chi connectivity index (χ3n) is 6.16. The summed E-state index contributed by atoms with van der Waals surface area (Å²) in [5.41, 5.74) is 3.31. The molecule has 0 aromatic heterocycles. The van der Waals surface area contributed by atoms with E-state index in [1.54, 1.807) is 12.1 Å². The van der Waals surface area contributed by atoms with Gasteiger partial charge in [-0.05, 0) is 66.9 Å². The predicted molar refractivity (Wildman–Crippen MR) is 136 cm³/mol. The first kappa shape index (κ1) is 24.8. The first-order valence-electron chi connectivity index (χ1n) is 10.8. The van der Waals surface area contributed by atoms with Crippen LogP contribution in [0.15, 0.2) is 42.5 Å². The van der Waals surface area contributed by atoms with Crippen molar-refractivity contribution in [3.63, 3.8) is 0 Å². The molecule has 1 amide bonds. The van der Waals surface area contributed by atoms with Crippen LogP contribution in [0.25, 0.3) is 5.57 Å². The lowest BCUT2D eigenvalue weighted by Gasteiger charge is -2.36. The fourth-order valence-corrected chi connectivity index (χ4v) is 4.68. The Morgan fingerprint density at radius 2 is 1.72 bits per heavy atom. The van der Waals surface area contributed by atoms with Gasteiger partial charge in [0.15, 0.2) is 8.32 Å². The SMILES string of the molecule is CC(C)(C)[Si](C)(C)OCCOc1ccc(Cl)cc1CCC=C1C(=O)Nc2cc(Cl)ccc21. The van der Waals surface area contributed by atoms with Crippen molar-refractivity contribution in [3.8, 4) is 5.75 Å². The molecule has 7 heteroatoms. The average Bonchev–Trinajstić information content (AvgIpc) is 3.00. The Labute approximate surface area is 202 Å². The zero-order chi connectivity index (χ0) is 23.5. The molecule has 1 aliphatic rings. The van der Waals surface area contributed by atoms with Crippen LogP contribution >= 0.6 is 23.2 Å². The number of anilines is 1. The van der Waals surface area contributed by atoms with Crippen LogP contribution in [-0.4, -0.2) is 27.4 Å². The zero-order valence-corrected chi connectivity index (χ0v) is 21.9. The van der Waals surface area contributed by atoms with E-state index >= 15 is 0 Å². The summed E-state index contributed by atoms with van der Waals surface area (Å²) in [6.45, 7) is 12.2. The molecule has 0 bridgehead atoms. The topological polar surface area (TPSA) is 47.6 Å². The van der Waals surface area contributed by atoms with Crippen molar-refractivity contribution in [3.05, 3.63) is 63.6 Å². The van der Waals surface area contributed by atoms with Crippen LogP contribution in [0.5, 0.6) is 5.75 Å². The molecule has 172 valence electrons. The molecule has 0 fully saturated rings. The summed E-state index contributed by atoms with van der Waals surface area (Å²) in [5, 5.41) is 4.30. The highest BCUT2D eigenvalue weighted by molar-refractivity contribution is 6.74. The van der Waals surface area contributed by atoms with Gasteiger partial charge < -0.3 is 14.5 Å². The third kappa shape index (κ3) is 5.96. The Kier molecular flexibility index (Phi) is 7.76. The van der Waals surface area contributed by atoms with E-state index in [1.807, 2.05) is 30.3 Å². The Morgan fingerprint density at radius 1 is 1.03 bits per heavy atom. The highest BCUT2D eigenvalue weighted by Crippen LogP contribution is 2.37. The van der Waals surface area contributed by atoms with Gasteiger partial charge >= 0.3 is 0 Å². The zero-order valence-electron chi connectivity index (χ0n) is 19.4. The van der Waals surface area contributed by atoms with Crippen LogP contribution in [-0.2, 0) is 15.6 Å². The number of nitrogens with one attached hydrogen (secondary N) is 1. The molecule has 0 spiro atoms.